The van der Waals surface area contributed by atoms with Crippen molar-refractivity contribution in [2.24, 2.45) is 5.92 Å². The Morgan fingerprint density at radius 1 is 1.36 bits per heavy atom. The Labute approximate surface area is 155 Å². The molecule has 0 bridgehead atoms. The number of ether oxygens (including phenoxy) is 2. The van der Waals surface area contributed by atoms with Crippen LogP contribution in [0, 0.1) is 5.92 Å². The summed E-state index contributed by atoms with van der Waals surface area (Å²) in [6.45, 7) is 4.05. The minimum absolute atomic E-state index is 0.0795. The Hall–Kier alpha value is -1.35. The first-order valence-corrected chi connectivity index (χ1v) is 9.72. The van der Waals surface area contributed by atoms with E-state index in [1.807, 2.05) is 13.8 Å². The summed E-state index contributed by atoms with van der Waals surface area (Å²) in [6.07, 6.45) is -0.796. The van der Waals surface area contributed by atoms with Gasteiger partial charge in [0.1, 0.15) is 4.90 Å². The van der Waals surface area contributed by atoms with Crippen molar-refractivity contribution >= 4 is 45.2 Å². The Morgan fingerprint density at radius 3 is 2.60 bits per heavy atom. The van der Waals surface area contributed by atoms with E-state index < -0.39 is 28.1 Å². The maximum atomic E-state index is 12.4. The number of hydrogen-bond acceptors (Lipinski definition) is 6. The first-order valence-electron chi connectivity index (χ1n) is 7.48. The maximum Gasteiger partial charge on any atom is 0.347 e. The summed E-state index contributed by atoms with van der Waals surface area (Å²) in [5.41, 5.74) is -0.198. The van der Waals surface area contributed by atoms with Crippen LogP contribution in [0.2, 0.25) is 10.0 Å². The zero-order chi connectivity index (χ0) is 18.8. The van der Waals surface area contributed by atoms with E-state index in [4.69, 9.17) is 32.7 Å². The topological polar surface area (TPSA) is 98.8 Å². The highest BCUT2D eigenvalue weighted by atomic mass is 35.5. The predicted octanol–water partition coefficient (Wildman–Crippen LogP) is 2.40. The number of halogens is 2. The van der Waals surface area contributed by atoms with Crippen LogP contribution >= 0.6 is 23.2 Å². The van der Waals surface area contributed by atoms with E-state index in [0.29, 0.717) is 0 Å². The fraction of sp³-hybridized carbons (Fsp3) is 0.467. The number of hydrogen-bond donors (Lipinski definition) is 1. The monoisotopic (exact) mass is 409 g/mol. The zero-order valence-electron chi connectivity index (χ0n) is 13.5. The standard InChI is InChI=1S/C15H17Cl2NO6S/c1-8(2)7-18-25(21,22)13-5-9(10(16)6-11(13)17)14(19)24-12-3-4-23-15(12)20/h5-6,8,12,18H,3-4,7H2,1-2H3/t12-/m1/s1. The lowest BCUT2D eigenvalue weighted by Gasteiger charge is -2.13. The summed E-state index contributed by atoms with van der Waals surface area (Å²) in [7, 11) is -3.94. The van der Waals surface area contributed by atoms with Gasteiger partial charge in [0.25, 0.3) is 0 Å². The van der Waals surface area contributed by atoms with Gasteiger partial charge < -0.3 is 9.47 Å². The van der Waals surface area contributed by atoms with E-state index in [1.165, 1.54) is 0 Å². The Kier molecular flexibility index (Phi) is 6.31. The molecule has 1 aliphatic heterocycles. The lowest BCUT2D eigenvalue weighted by molar-refractivity contribution is -0.145. The third-order valence-corrected chi connectivity index (χ3v) is 5.55. The molecule has 0 saturated carbocycles. The van der Waals surface area contributed by atoms with Crippen molar-refractivity contribution in [1.29, 1.82) is 0 Å². The molecule has 0 amide bonds. The van der Waals surface area contributed by atoms with Gasteiger partial charge in [0.05, 0.1) is 22.2 Å². The summed E-state index contributed by atoms with van der Waals surface area (Å²) < 4.78 is 36.9. The fourth-order valence-electron chi connectivity index (χ4n) is 2.02. The molecule has 1 aromatic rings. The number of nitrogens with one attached hydrogen (secondary N) is 1. The highest BCUT2D eigenvalue weighted by molar-refractivity contribution is 7.89. The van der Waals surface area contributed by atoms with Gasteiger partial charge in [-0.25, -0.2) is 22.7 Å². The van der Waals surface area contributed by atoms with E-state index >= 15 is 0 Å². The van der Waals surface area contributed by atoms with Gasteiger partial charge in [0, 0.05) is 13.0 Å². The molecule has 138 valence electrons. The van der Waals surface area contributed by atoms with Gasteiger partial charge in [0.2, 0.25) is 16.1 Å². The molecule has 1 aromatic carbocycles. The molecular weight excluding hydrogens is 393 g/mol. The van der Waals surface area contributed by atoms with Crippen molar-refractivity contribution in [3.63, 3.8) is 0 Å². The predicted molar refractivity (Wildman–Crippen MR) is 91.3 cm³/mol. The minimum Gasteiger partial charge on any atom is -0.463 e. The van der Waals surface area contributed by atoms with E-state index in [2.05, 4.69) is 4.72 Å². The summed E-state index contributed by atoms with van der Waals surface area (Å²) in [6, 6.07) is 2.19. The molecule has 1 N–H and O–H groups in total. The molecule has 1 aliphatic rings. The first kappa shape index (κ1) is 20.0. The molecule has 1 atom stereocenters. The molecule has 1 heterocycles. The van der Waals surface area contributed by atoms with Gasteiger partial charge in [0.15, 0.2) is 0 Å². The second-order valence-corrected chi connectivity index (χ2v) is 8.41. The van der Waals surface area contributed by atoms with Gasteiger partial charge in [-0.15, -0.1) is 0 Å². The average Bonchev–Trinajstić information content (AvgIpc) is 2.90. The molecule has 0 aliphatic carbocycles. The summed E-state index contributed by atoms with van der Waals surface area (Å²) >= 11 is 11.9. The van der Waals surface area contributed by atoms with Crippen LogP contribution in [0.3, 0.4) is 0 Å². The van der Waals surface area contributed by atoms with E-state index in [-0.39, 0.29) is 46.0 Å². The number of carbonyl (C=O) groups is 2. The van der Waals surface area contributed by atoms with Crippen LogP contribution in [0.1, 0.15) is 30.6 Å². The number of rotatable bonds is 6. The van der Waals surface area contributed by atoms with Gasteiger partial charge in [-0.05, 0) is 18.1 Å². The van der Waals surface area contributed by atoms with E-state index in [9.17, 15) is 18.0 Å². The second kappa shape index (κ2) is 7.90. The van der Waals surface area contributed by atoms with Crippen LogP contribution in [-0.2, 0) is 24.3 Å². The largest absolute Gasteiger partial charge is 0.463 e. The minimum atomic E-state index is -3.94. The van der Waals surface area contributed by atoms with Crippen molar-refractivity contribution in [2.45, 2.75) is 31.3 Å². The van der Waals surface area contributed by atoms with Gasteiger partial charge in [-0.1, -0.05) is 37.0 Å². The highest BCUT2D eigenvalue weighted by Crippen LogP contribution is 2.29. The summed E-state index contributed by atoms with van der Waals surface area (Å²) in [4.78, 5) is 23.4. The van der Waals surface area contributed by atoms with Crippen molar-refractivity contribution in [3.8, 4) is 0 Å². The highest BCUT2D eigenvalue weighted by Gasteiger charge is 2.32. The molecule has 0 unspecified atom stereocenters. The Morgan fingerprint density at radius 2 is 2.04 bits per heavy atom. The van der Waals surface area contributed by atoms with Gasteiger partial charge in [-0.2, -0.15) is 0 Å². The average molecular weight is 410 g/mol. The van der Waals surface area contributed by atoms with Crippen molar-refractivity contribution in [2.75, 3.05) is 13.2 Å². The Balaban J connectivity index is 2.30. The molecule has 7 nitrogen and oxygen atoms in total. The molecule has 0 radical (unpaired) electrons. The molecule has 10 heteroatoms. The Bertz CT molecular complexity index is 793. The van der Waals surface area contributed by atoms with Crippen LogP contribution in [0.5, 0.6) is 0 Å². The molecule has 2 rings (SSSR count). The summed E-state index contributed by atoms with van der Waals surface area (Å²) in [5, 5.41) is -0.206. The van der Waals surface area contributed by atoms with Gasteiger partial charge in [-0.3, -0.25) is 0 Å². The van der Waals surface area contributed by atoms with Crippen molar-refractivity contribution in [3.05, 3.63) is 27.7 Å². The number of sulfonamides is 1. The van der Waals surface area contributed by atoms with Crippen LogP contribution in [-0.4, -0.2) is 39.6 Å². The molecule has 0 spiro atoms. The first-order chi connectivity index (χ1) is 11.6. The van der Waals surface area contributed by atoms with Crippen molar-refractivity contribution in [1.82, 2.24) is 4.72 Å². The van der Waals surface area contributed by atoms with E-state index in [1.54, 1.807) is 0 Å². The van der Waals surface area contributed by atoms with Crippen LogP contribution in [0.4, 0.5) is 0 Å². The van der Waals surface area contributed by atoms with E-state index in [0.717, 1.165) is 12.1 Å². The third-order valence-electron chi connectivity index (χ3n) is 3.35. The van der Waals surface area contributed by atoms with Crippen LogP contribution in [0.15, 0.2) is 17.0 Å². The number of cyclic esters (lactones) is 1. The number of esters is 2. The maximum absolute atomic E-state index is 12.4. The number of benzene rings is 1. The lowest BCUT2D eigenvalue weighted by atomic mass is 10.2. The molecule has 1 saturated heterocycles. The number of carbonyl (C=O) groups excluding carboxylic acids is 2. The fourth-order valence-corrected chi connectivity index (χ4v) is 4.08. The quantitative estimate of drug-likeness (QED) is 0.724. The van der Waals surface area contributed by atoms with Crippen LogP contribution in [0.25, 0.3) is 0 Å². The summed E-state index contributed by atoms with van der Waals surface area (Å²) in [5.74, 6) is -1.49. The normalized spacial score (nSPS) is 17.6. The second-order valence-electron chi connectivity index (χ2n) is 5.86. The molecule has 1 fully saturated rings. The third kappa shape index (κ3) is 4.84. The smallest absolute Gasteiger partial charge is 0.347 e. The lowest BCUT2D eigenvalue weighted by Crippen LogP contribution is -2.28. The SMILES string of the molecule is CC(C)CNS(=O)(=O)c1cc(C(=O)O[C@@H]2CCOC2=O)c(Cl)cc1Cl. The van der Waals surface area contributed by atoms with Gasteiger partial charge >= 0.3 is 11.9 Å². The van der Waals surface area contributed by atoms with Crippen molar-refractivity contribution < 1.29 is 27.5 Å². The molecule has 25 heavy (non-hydrogen) atoms. The molecule has 0 aromatic heterocycles. The zero-order valence-corrected chi connectivity index (χ0v) is 15.9. The molecular formula is C15H17Cl2NO6S. The van der Waals surface area contributed by atoms with Crippen LogP contribution < -0.4 is 4.72 Å².